The van der Waals surface area contributed by atoms with Crippen molar-refractivity contribution in [1.82, 2.24) is 0 Å². The van der Waals surface area contributed by atoms with Crippen LogP contribution in [0.5, 0.6) is 0 Å². The van der Waals surface area contributed by atoms with Crippen molar-refractivity contribution in [3.8, 4) is 0 Å². The van der Waals surface area contributed by atoms with Gasteiger partial charge in [0, 0.05) is 6.54 Å². The second-order valence-electron chi connectivity index (χ2n) is 5.42. The summed E-state index contributed by atoms with van der Waals surface area (Å²) in [7, 11) is 0. The Hall–Kier alpha value is -2.76. The largest absolute Gasteiger partial charge is 0.324 e. The maximum Gasteiger partial charge on any atom is 0.261 e. The van der Waals surface area contributed by atoms with Crippen molar-refractivity contribution < 1.29 is 18.4 Å². The lowest BCUT2D eigenvalue weighted by Gasteiger charge is -2.23. The molecule has 1 aliphatic rings. The molecule has 2 aromatic rings. The standard InChI is InChI=1S/C17H14F2N2O2/c1-10-9-21(14-8-3-2-7-13(14)20-16(10)22)17(23)11-5-4-6-12(18)15(11)19/h2-8,10H,9H2,1H3,(H,20,22)/t10-/m0/s1. The van der Waals surface area contributed by atoms with Gasteiger partial charge in [0.1, 0.15) is 0 Å². The molecule has 6 heteroatoms. The number of rotatable bonds is 1. The molecule has 0 radical (unpaired) electrons. The quantitative estimate of drug-likeness (QED) is 0.878. The first kappa shape index (κ1) is 15.1. The van der Waals surface area contributed by atoms with E-state index in [1.54, 1.807) is 31.2 Å². The number of benzene rings is 2. The molecule has 2 aromatic carbocycles. The molecule has 0 aromatic heterocycles. The third-order valence-electron chi connectivity index (χ3n) is 3.78. The molecule has 3 rings (SSSR count). The van der Waals surface area contributed by atoms with E-state index in [-0.39, 0.29) is 18.0 Å². The molecule has 118 valence electrons. The van der Waals surface area contributed by atoms with Gasteiger partial charge >= 0.3 is 0 Å². The Balaban J connectivity index is 2.09. The van der Waals surface area contributed by atoms with Gasteiger partial charge < -0.3 is 10.2 Å². The number of carbonyl (C=O) groups excluding carboxylic acids is 2. The van der Waals surface area contributed by atoms with Gasteiger partial charge in [0.25, 0.3) is 5.91 Å². The summed E-state index contributed by atoms with van der Waals surface area (Å²) in [6.07, 6.45) is 0. The Bertz CT molecular complexity index is 792. The van der Waals surface area contributed by atoms with E-state index in [0.29, 0.717) is 11.4 Å². The van der Waals surface area contributed by atoms with Crippen LogP contribution in [0.1, 0.15) is 17.3 Å². The van der Waals surface area contributed by atoms with Crippen molar-refractivity contribution >= 4 is 23.2 Å². The molecule has 1 atom stereocenters. The predicted molar refractivity (Wildman–Crippen MR) is 82.3 cm³/mol. The van der Waals surface area contributed by atoms with Gasteiger partial charge in [-0.05, 0) is 24.3 Å². The third kappa shape index (κ3) is 2.67. The van der Waals surface area contributed by atoms with E-state index in [2.05, 4.69) is 5.32 Å². The zero-order chi connectivity index (χ0) is 16.6. The summed E-state index contributed by atoms with van der Waals surface area (Å²) < 4.78 is 27.4. The van der Waals surface area contributed by atoms with Crippen LogP contribution in [0.2, 0.25) is 0 Å². The SMILES string of the molecule is C[C@H]1CN(C(=O)c2cccc(F)c2F)c2ccccc2NC1=O. The molecule has 0 saturated heterocycles. The molecule has 2 amide bonds. The van der Waals surface area contributed by atoms with E-state index in [1.807, 2.05) is 0 Å². The van der Waals surface area contributed by atoms with Gasteiger partial charge in [0.15, 0.2) is 11.6 Å². The zero-order valence-electron chi connectivity index (χ0n) is 12.3. The summed E-state index contributed by atoms with van der Waals surface area (Å²) in [5, 5.41) is 2.73. The van der Waals surface area contributed by atoms with Crippen LogP contribution in [0, 0.1) is 17.6 Å². The molecule has 1 N–H and O–H groups in total. The molecule has 0 fully saturated rings. The molecular formula is C17H14F2N2O2. The molecule has 0 spiro atoms. The fourth-order valence-electron chi connectivity index (χ4n) is 2.53. The maximum atomic E-state index is 14.0. The molecular weight excluding hydrogens is 302 g/mol. The van der Waals surface area contributed by atoms with Crippen LogP contribution in [0.4, 0.5) is 20.2 Å². The van der Waals surface area contributed by atoms with Crippen molar-refractivity contribution in [2.75, 3.05) is 16.8 Å². The first-order chi connectivity index (χ1) is 11.0. The highest BCUT2D eigenvalue weighted by Crippen LogP contribution is 2.31. The maximum absolute atomic E-state index is 14.0. The van der Waals surface area contributed by atoms with E-state index in [0.717, 1.165) is 6.07 Å². The molecule has 1 aliphatic heterocycles. The Morgan fingerprint density at radius 2 is 1.91 bits per heavy atom. The molecule has 23 heavy (non-hydrogen) atoms. The summed E-state index contributed by atoms with van der Waals surface area (Å²) in [5.41, 5.74) is 0.562. The highest BCUT2D eigenvalue weighted by molar-refractivity contribution is 6.11. The van der Waals surface area contributed by atoms with Gasteiger partial charge in [-0.15, -0.1) is 0 Å². The van der Waals surface area contributed by atoms with Crippen molar-refractivity contribution in [2.45, 2.75) is 6.92 Å². The number of amides is 2. The lowest BCUT2D eigenvalue weighted by molar-refractivity contribution is -0.119. The van der Waals surface area contributed by atoms with E-state index in [9.17, 15) is 18.4 Å². The number of nitrogens with one attached hydrogen (secondary N) is 1. The lowest BCUT2D eigenvalue weighted by atomic mass is 10.1. The summed E-state index contributed by atoms with van der Waals surface area (Å²) in [4.78, 5) is 26.0. The van der Waals surface area contributed by atoms with E-state index >= 15 is 0 Å². The van der Waals surface area contributed by atoms with Gasteiger partial charge in [-0.3, -0.25) is 9.59 Å². The Kier molecular flexibility index (Phi) is 3.82. The van der Waals surface area contributed by atoms with E-state index in [4.69, 9.17) is 0 Å². The molecule has 1 heterocycles. The van der Waals surface area contributed by atoms with Crippen LogP contribution in [-0.4, -0.2) is 18.4 Å². The number of hydrogen-bond acceptors (Lipinski definition) is 2. The first-order valence-electron chi connectivity index (χ1n) is 7.15. The Labute approximate surface area is 131 Å². The molecule has 0 bridgehead atoms. The fourth-order valence-corrected chi connectivity index (χ4v) is 2.53. The second kappa shape index (κ2) is 5.79. The highest BCUT2D eigenvalue weighted by Gasteiger charge is 2.30. The van der Waals surface area contributed by atoms with Crippen molar-refractivity contribution in [3.05, 3.63) is 59.7 Å². The summed E-state index contributed by atoms with van der Waals surface area (Å²) in [6, 6.07) is 10.2. The predicted octanol–water partition coefficient (Wildman–Crippen LogP) is 3.20. The number of hydrogen-bond donors (Lipinski definition) is 1. The first-order valence-corrected chi connectivity index (χ1v) is 7.15. The monoisotopic (exact) mass is 316 g/mol. The Morgan fingerprint density at radius 1 is 1.17 bits per heavy atom. The van der Waals surface area contributed by atoms with Gasteiger partial charge in [-0.1, -0.05) is 25.1 Å². The number of halogens is 2. The average molecular weight is 316 g/mol. The Morgan fingerprint density at radius 3 is 2.70 bits per heavy atom. The van der Waals surface area contributed by atoms with Gasteiger partial charge in [0.2, 0.25) is 5.91 Å². The minimum absolute atomic E-state index is 0.0810. The zero-order valence-corrected chi connectivity index (χ0v) is 12.3. The number of fused-ring (bicyclic) bond motifs is 1. The van der Waals surface area contributed by atoms with Crippen LogP contribution in [-0.2, 0) is 4.79 Å². The van der Waals surface area contributed by atoms with Crippen LogP contribution >= 0.6 is 0 Å². The third-order valence-corrected chi connectivity index (χ3v) is 3.78. The van der Waals surface area contributed by atoms with Crippen molar-refractivity contribution in [1.29, 1.82) is 0 Å². The molecule has 4 nitrogen and oxygen atoms in total. The van der Waals surface area contributed by atoms with Crippen LogP contribution in [0.15, 0.2) is 42.5 Å². The second-order valence-corrected chi connectivity index (χ2v) is 5.42. The normalized spacial score (nSPS) is 17.3. The van der Waals surface area contributed by atoms with Crippen LogP contribution in [0.3, 0.4) is 0 Å². The number of para-hydroxylation sites is 2. The van der Waals surface area contributed by atoms with Crippen molar-refractivity contribution in [2.24, 2.45) is 5.92 Å². The van der Waals surface area contributed by atoms with Crippen LogP contribution in [0.25, 0.3) is 0 Å². The van der Waals surface area contributed by atoms with E-state index < -0.39 is 23.5 Å². The van der Waals surface area contributed by atoms with Gasteiger partial charge in [-0.2, -0.15) is 0 Å². The van der Waals surface area contributed by atoms with Crippen LogP contribution < -0.4 is 10.2 Å². The number of anilines is 2. The van der Waals surface area contributed by atoms with Gasteiger partial charge in [0.05, 0.1) is 22.9 Å². The van der Waals surface area contributed by atoms with Gasteiger partial charge in [-0.25, -0.2) is 8.78 Å². The van der Waals surface area contributed by atoms with Crippen molar-refractivity contribution in [3.63, 3.8) is 0 Å². The topological polar surface area (TPSA) is 49.4 Å². The smallest absolute Gasteiger partial charge is 0.261 e. The lowest BCUT2D eigenvalue weighted by Crippen LogP contribution is -2.36. The summed E-state index contributed by atoms with van der Waals surface area (Å²) >= 11 is 0. The molecule has 0 aliphatic carbocycles. The minimum atomic E-state index is -1.19. The molecule has 0 saturated carbocycles. The minimum Gasteiger partial charge on any atom is -0.324 e. The summed E-state index contributed by atoms with van der Waals surface area (Å²) in [5.74, 6) is -3.67. The fraction of sp³-hybridized carbons (Fsp3) is 0.176. The van der Waals surface area contributed by atoms with E-state index in [1.165, 1.54) is 17.0 Å². The average Bonchev–Trinajstić information content (AvgIpc) is 2.67. The molecule has 0 unspecified atom stereocenters. The number of carbonyl (C=O) groups is 2. The summed E-state index contributed by atoms with van der Waals surface area (Å²) in [6.45, 7) is 1.75. The number of nitrogens with zero attached hydrogens (tertiary/aromatic N) is 1. The highest BCUT2D eigenvalue weighted by atomic mass is 19.2.